The molecular weight excluding hydrogens is 160 g/mol. The van der Waals surface area contributed by atoms with Crippen LogP contribution in [0.3, 0.4) is 0 Å². The highest BCUT2D eigenvalue weighted by atomic mass is 16.5. The van der Waals surface area contributed by atoms with Gasteiger partial charge in [0.25, 0.3) is 0 Å². The van der Waals surface area contributed by atoms with E-state index in [9.17, 15) is 9.70 Å². The Bertz CT molecular complexity index is 293. The molecule has 0 radical (unpaired) electrons. The lowest BCUT2D eigenvalue weighted by molar-refractivity contribution is 0.0992. The fraction of sp³-hybridized carbons (Fsp3) is 0.429. The second-order valence-electron chi connectivity index (χ2n) is 2.32. The van der Waals surface area contributed by atoms with Crippen LogP contribution in [-0.2, 0) is 6.42 Å². The first-order chi connectivity index (χ1) is 5.77. The van der Waals surface area contributed by atoms with Crippen molar-refractivity contribution < 1.29 is 9.32 Å². The highest BCUT2D eigenvalue weighted by molar-refractivity contribution is 5.92. The van der Waals surface area contributed by atoms with E-state index in [2.05, 4.69) is 10.3 Å². The molecule has 1 rings (SSSR count). The van der Waals surface area contributed by atoms with Crippen LogP contribution in [-0.4, -0.2) is 11.1 Å². The number of nitrogens with zero attached hydrogens (tertiary/aromatic N) is 2. The number of aryl methyl sites for hydroxylation is 1. The molecule has 1 aromatic heterocycles. The first kappa shape index (κ1) is 8.58. The molecule has 5 heteroatoms. The van der Waals surface area contributed by atoms with Gasteiger partial charge in [0.15, 0.2) is 5.69 Å². The molecule has 0 saturated carbocycles. The van der Waals surface area contributed by atoms with Gasteiger partial charge < -0.3 is 4.52 Å². The van der Waals surface area contributed by atoms with Gasteiger partial charge in [-0.3, -0.25) is 4.79 Å². The van der Waals surface area contributed by atoms with E-state index in [4.69, 9.17) is 4.52 Å². The summed E-state index contributed by atoms with van der Waals surface area (Å²) in [6.45, 7) is 1.97. The van der Waals surface area contributed by atoms with Gasteiger partial charge in [-0.2, -0.15) is 0 Å². The Balaban J connectivity index is 2.76. The quantitative estimate of drug-likeness (QED) is 0.641. The predicted molar refractivity (Wildman–Crippen MR) is 40.6 cm³/mol. The summed E-state index contributed by atoms with van der Waals surface area (Å²) in [5.41, 5.74) is -0.0200. The minimum atomic E-state index is -0.888. The SMILES string of the molecule is CCCc1cc(C(=O)N=O)no1. The summed E-state index contributed by atoms with van der Waals surface area (Å²) in [5, 5.41) is 5.61. The molecular formula is C7H8N2O3. The van der Waals surface area contributed by atoms with Crippen LogP contribution >= 0.6 is 0 Å². The van der Waals surface area contributed by atoms with Gasteiger partial charge in [0, 0.05) is 17.7 Å². The van der Waals surface area contributed by atoms with Crippen molar-refractivity contribution in [2.24, 2.45) is 5.18 Å². The topological polar surface area (TPSA) is 72.5 Å². The zero-order valence-corrected chi connectivity index (χ0v) is 6.61. The van der Waals surface area contributed by atoms with Gasteiger partial charge in [0.1, 0.15) is 5.76 Å². The number of nitroso groups, excluding NO2 is 1. The Morgan fingerprint density at radius 2 is 2.50 bits per heavy atom. The third kappa shape index (κ3) is 1.75. The van der Waals surface area contributed by atoms with E-state index in [1.807, 2.05) is 6.92 Å². The summed E-state index contributed by atoms with van der Waals surface area (Å²) in [7, 11) is 0. The van der Waals surface area contributed by atoms with Gasteiger partial charge in [-0.1, -0.05) is 12.1 Å². The fourth-order valence-corrected chi connectivity index (χ4v) is 0.825. The zero-order valence-electron chi connectivity index (χ0n) is 6.61. The maximum Gasteiger partial charge on any atom is 0.338 e. The van der Waals surface area contributed by atoms with E-state index in [1.54, 1.807) is 0 Å². The van der Waals surface area contributed by atoms with Crippen molar-refractivity contribution in [2.75, 3.05) is 0 Å². The molecule has 0 bridgehead atoms. The molecule has 64 valence electrons. The minimum absolute atomic E-state index is 0.0200. The van der Waals surface area contributed by atoms with Crippen LogP contribution in [0.2, 0.25) is 0 Å². The van der Waals surface area contributed by atoms with E-state index >= 15 is 0 Å². The first-order valence-electron chi connectivity index (χ1n) is 3.61. The first-order valence-corrected chi connectivity index (χ1v) is 3.61. The maximum atomic E-state index is 10.6. The van der Waals surface area contributed by atoms with Crippen LogP contribution in [0.5, 0.6) is 0 Å². The maximum absolute atomic E-state index is 10.6. The largest absolute Gasteiger partial charge is 0.361 e. The number of carbonyl (C=O) groups excluding carboxylic acids is 1. The fourth-order valence-electron chi connectivity index (χ4n) is 0.825. The summed E-state index contributed by atoms with van der Waals surface area (Å²) in [6, 6.07) is 1.44. The van der Waals surface area contributed by atoms with Crippen molar-refractivity contribution in [1.29, 1.82) is 0 Å². The Labute approximate surface area is 68.7 Å². The van der Waals surface area contributed by atoms with Crippen LogP contribution < -0.4 is 0 Å². The van der Waals surface area contributed by atoms with Crippen molar-refractivity contribution in [3.05, 3.63) is 22.4 Å². The summed E-state index contributed by atoms with van der Waals surface area (Å²) in [5.74, 6) is -0.286. The second kappa shape index (κ2) is 3.75. The second-order valence-corrected chi connectivity index (χ2v) is 2.32. The average molecular weight is 168 g/mol. The molecule has 0 atom stereocenters. The van der Waals surface area contributed by atoms with Crippen molar-refractivity contribution >= 4 is 5.91 Å². The van der Waals surface area contributed by atoms with Gasteiger partial charge >= 0.3 is 5.91 Å². The molecule has 1 aromatic rings. The summed E-state index contributed by atoms with van der Waals surface area (Å²) < 4.78 is 4.76. The van der Waals surface area contributed by atoms with Crippen molar-refractivity contribution in [3.8, 4) is 0 Å². The van der Waals surface area contributed by atoms with Crippen LogP contribution in [0, 0.1) is 4.91 Å². The molecule has 5 nitrogen and oxygen atoms in total. The monoisotopic (exact) mass is 168 g/mol. The molecule has 0 spiro atoms. The van der Waals surface area contributed by atoms with Gasteiger partial charge in [-0.25, -0.2) is 0 Å². The van der Waals surface area contributed by atoms with Crippen LogP contribution in [0.1, 0.15) is 29.6 Å². The number of hydrogen-bond donors (Lipinski definition) is 0. The molecule has 1 amide bonds. The van der Waals surface area contributed by atoms with Gasteiger partial charge in [-0.15, -0.1) is 4.91 Å². The summed E-state index contributed by atoms with van der Waals surface area (Å²) >= 11 is 0. The molecule has 0 aliphatic carbocycles. The predicted octanol–water partition coefficient (Wildman–Crippen LogP) is 1.53. The molecule has 0 N–H and O–H groups in total. The van der Waals surface area contributed by atoms with E-state index in [0.717, 1.165) is 6.42 Å². The van der Waals surface area contributed by atoms with Crippen LogP contribution in [0.4, 0.5) is 0 Å². The lowest BCUT2D eigenvalue weighted by atomic mass is 10.2. The number of hydrogen-bond acceptors (Lipinski definition) is 4. The Hall–Kier alpha value is -1.52. The highest BCUT2D eigenvalue weighted by Crippen LogP contribution is 2.06. The third-order valence-electron chi connectivity index (χ3n) is 1.36. The molecule has 0 fully saturated rings. The minimum Gasteiger partial charge on any atom is -0.361 e. The van der Waals surface area contributed by atoms with Crippen molar-refractivity contribution in [3.63, 3.8) is 0 Å². The summed E-state index contributed by atoms with van der Waals surface area (Å²) in [4.78, 5) is 20.4. The van der Waals surface area contributed by atoms with Gasteiger partial charge in [0.2, 0.25) is 0 Å². The number of amides is 1. The molecule has 1 heterocycles. The lowest BCUT2D eigenvalue weighted by Crippen LogP contribution is -1.91. The van der Waals surface area contributed by atoms with E-state index in [1.165, 1.54) is 6.07 Å². The number of carbonyl (C=O) groups is 1. The Morgan fingerprint density at radius 3 is 3.08 bits per heavy atom. The summed E-state index contributed by atoms with van der Waals surface area (Å²) in [6.07, 6.45) is 1.61. The Morgan fingerprint density at radius 1 is 1.75 bits per heavy atom. The molecule has 0 aliphatic rings. The average Bonchev–Trinajstić information content (AvgIpc) is 2.52. The molecule has 0 aromatic carbocycles. The zero-order chi connectivity index (χ0) is 8.97. The van der Waals surface area contributed by atoms with E-state index < -0.39 is 5.91 Å². The number of rotatable bonds is 3. The molecule has 0 aliphatic heterocycles. The van der Waals surface area contributed by atoms with Crippen LogP contribution in [0.15, 0.2) is 15.8 Å². The highest BCUT2D eigenvalue weighted by Gasteiger charge is 2.11. The third-order valence-corrected chi connectivity index (χ3v) is 1.36. The molecule has 12 heavy (non-hydrogen) atoms. The smallest absolute Gasteiger partial charge is 0.338 e. The number of aromatic nitrogens is 1. The lowest BCUT2D eigenvalue weighted by Gasteiger charge is -1.83. The van der Waals surface area contributed by atoms with E-state index in [-0.39, 0.29) is 5.69 Å². The standard InChI is InChI=1S/C7H8N2O3/c1-2-3-5-4-6(9-12-5)7(10)8-11/h4H,2-3H2,1H3. The van der Waals surface area contributed by atoms with Gasteiger partial charge in [0.05, 0.1) is 0 Å². The van der Waals surface area contributed by atoms with Crippen molar-refractivity contribution in [2.45, 2.75) is 19.8 Å². The molecule has 0 saturated heterocycles. The molecule has 0 unspecified atom stereocenters. The van der Waals surface area contributed by atoms with Crippen LogP contribution in [0.25, 0.3) is 0 Å². The van der Waals surface area contributed by atoms with Crippen molar-refractivity contribution in [1.82, 2.24) is 5.16 Å². The normalized spacial score (nSPS) is 9.75. The van der Waals surface area contributed by atoms with E-state index in [0.29, 0.717) is 12.2 Å². The van der Waals surface area contributed by atoms with Gasteiger partial charge in [-0.05, 0) is 6.42 Å². The Kier molecular flexibility index (Phi) is 2.68.